The average molecular weight is 1020 g/mol. The minimum Gasteiger partial charge on any atom is -0.462 e. The molecule has 0 N–H and O–H groups in total. The van der Waals surface area contributed by atoms with Crippen LogP contribution in [0.3, 0.4) is 0 Å². The first-order chi connectivity index (χ1) is 36.0. The van der Waals surface area contributed by atoms with Crippen molar-refractivity contribution in [3.63, 3.8) is 0 Å². The van der Waals surface area contributed by atoms with E-state index in [0.717, 1.165) is 89.9 Å². The number of carbonyl (C=O) groups excluding carboxylic acids is 3. The van der Waals surface area contributed by atoms with Crippen molar-refractivity contribution in [1.82, 2.24) is 0 Å². The number of ether oxygens (including phenoxy) is 3. The van der Waals surface area contributed by atoms with Gasteiger partial charge in [-0.05, 0) is 83.5 Å². The van der Waals surface area contributed by atoms with Crippen LogP contribution in [0.5, 0.6) is 0 Å². The summed E-state index contributed by atoms with van der Waals surface area (Å²) in [6.45, 7) is 6.62. The van der Waals surface area contributed by atoms with Crippen molar-refractivity contribution < 1.29 is 28.6 Å². The third kappa shape index (κ3) is 60.1. The maximum absolute atomic E-state index is 12.9. The molecule has 0 radical (unpaired) electrons. The van der Waals surface area contributed by atoms with E-state index in [0.29, 0.717) is 19.3 Å². The van der Waals surface area contributed by atoms with Crippen LogP contribution in [0.4, 0.5) is 0 Å². The maximum Gasteiger partial charge on any atom is 0.306 e. The van der Waals surface area contributed by atoms with Gasteiger partial charge in [0.25, 0.3) is 0 Å². The van der Waals surface area contributed by atoms with Gasteiger partial charge in [-0.2, -0.15) is 0 Å². The van der Waals surface area contributed by atoms with Gasteiger partial charge in [0.05, 0.1) is 0 Å². The Hall–Kier alpha value is -2.63. The van der Waals surface area contributed by atoms with Crippen LogP contribution < -0.4 is 0 Å². The lowest BCUT2D eigenvalue weighted by atomic mass is 10.0. The summed E-state index contributed by atoms with van der Waals surface area (Å²) in [6, 6.07) is 0. The third-order valence-electron chi connectivity index (χ3n) is 14.3. The van der Waals surface area contributed by atoms with E-state index >= 15 is 0 Å². The van der Waals surface area contributed by atoms with Gasteiger partial charge in [-0.15, -0.1) is 0 Å². The Kier molecular flexibility index (Phi) is 59.7. The highest BCUT2D eigenvalue weighted by Gasteiger charge is 2.19. The summed E-state index contributed by atoms with van der Waals surface area (Å²) in [6.07, 6.45) is 76.9. The molecule has 426 valence electrons. The maximum atomic E-state index is 12.9. The van der Waals surface area contributed by atoms with Crippen molar-refractivity contribution in [2.45, 2.75) is 348 Å². The molecule has 0 aromatic heterocycles. The third-order valence-corrected chi connectivity index (χ3v) is 14.3. The summed E-state index contributed by atoms with van der Waals surface area (Å²) in [5.41, 5.74) is 0. The highest BCUT2D eigenvalue weighted by atomic mass is 16.6. The summed E-state index contributed by atoms with van der Waals surface area (Å²) < 4.78 is 16.9. The molecular weight excluding hydrogens is 901 g/mol. The van der Waals surface area contributed by atoms with Gasteiger partial charge in [0.15, 0.2) is 6.10 Å². The number of hydrogen-bond acceptors (Lipinski definition) is 6. The second-order valence-electron chi connectivity index (χ2n) is 21.7. The highest BCUT2D eigenvalue weighted by Crippen LogP contribution is 2.17. The summed E-state index contributed by atoms with van der Waals surface area (Å²) in [5.74, 6) is -0.880. The van der Waals surface area contributed by atoms with E-state index < -0.39 is 6.10 Å². The second kappa shape index (κ2) is 61.9. The minimum atomic E-state index is -0.782. The zero-order chi connectivity index (χ0) is 52.9. The van der Waals surface area contributed by atoms with Gasteiger partial charge in [0.1, 0.15) is 13.2 Å². The molecule has 0 bridgehead atoms. The quantitative estimate of drug-likeness (QED) is 0.0261. The number of hydrogen-bond donors (Lipinski definition) is 0. The predicted molar refractivity (Wildman–Crippen MR) is 316 cm³/mol. The second-order valence-corrected chi connectivity index (χ2v) is 21.7. The molecule has 0 spiro atoms. The van der Waals surface area contributed by atoms with Crippen molar-refractivity contribution >= 4 is 17.9 Å². The van der Waals surface area contributed by atoms with Gasteiger partial charge in [-0.3, -0.25) is 14.4 Å². The van der Waals surface area contributed by atoms with Gasteiger partial charge < -0.3 is 14.2 Å². The fourth-order valence-electron chi connectivity index (χ4n) is 9.45. The first-order valence-electron chi connectivity index (χ1n) is 32.1. The Labute approximate surface area is 454 Å². The standard InChI is InChI=1S/C67H122O6/c1-4-7-10-13-16-19-22-25-28-30-31-32-33-34-35-37-39-42-45-48-51-54-57-60-66(69)72-63-64(62-71-65(68)59-56-53-50-47-44-41-38-27-24-21-18-15-12-9-6-3)73-67(70)61-58-55-52-49-46-43-40-36-29-26-23-20-17-14-11-8-5-2/h17-18,20-21,26-27,29,38,64H,4-16,19,22-25,28,30-37,39-63H2,1-3H3/b20-17-,21-18-,29-26-,38-27-. The van der Waals surface area contributed by atoms with Gasteiger partial charge in [-0.25, -0.2) is 0 Å². The molecule has 0 saturated carbocycles. The van der Waals surface area contributed by atoms with E-state index in [1.165, 1.54) is 212 Å². The van der Waals surface area contributed by atoms with Crippen LogP contribution in [0.1, 0.15) is 342 Å². The van der Waals surface area contributed by atoms with Crippen molar-refractivity contribution in [2.24, 2.45) is 0 Å². The number of rotatable bonds is 59. The van der Waals surface area contributed by atoms with Gasteiger partial charge in [-0.1, -0.05) is 288 Å². The Bertz CT molecular complexity index is 1270. The predicted octanol–water partition coefficient (Wildman–Crippen LogP) is 21.8. The van der Waals surface area contributed by atoms with Gasteiger partial charge in [0.2, 0.25) is 0 Å². The van der Waals surface area contributed by atoms with Crippen LogP contribution in [0.25, 0.3) is 0 Å². The first-order valence-corrected chi connectivity index (χ1v) is 32.1. The lowest BCUT2D eigenvalue weighted by Crippen LogP contribution is -2.30. The smallest absolute Gasteiger partial charge is 0.306 e. The van der Waals surface area contributed by atoms with E-state index in [2.05, 4.69) is 69.4 Å². The van der Waals surface area contributed by atoms with Crippen LogP contribution in [-0.2, 0) is 28.6 Å². The average Bonchev–Trinajstić information content (AvgIpc) is 3.39. The van der Waals surface area contributed by atoms with E-state index in [1.807, 2.05) is 0 Å². The fraction of sp³-hybridized carbons (Fsp3) is 0.836. The SMILES string of the molecule is CCCCC/C=C\C/C=C\CCCCCCCCCC(=O)OC(COC(=O)CCCCCCC/C=C\C/C=C\CCCCC)COC(=O)CCCCCCCCCCCCCCCCCCCCCCCCC. The van der Waals surface area contributed by atoms with Crippen molar-refractivity contribution in [1.29, 1.82) is 0 Å². The van der Waals surface area contributed by atoms with Crippen LogP contribution in [0, 0.1) is 0 Å². The lowest BCUT2D eigenvalue weighted by Gasteiger charge is -2.18. The van der Waals surface area contributed by atoms with E-state index in [4.69, 9.17) is 14.2 Å². The molecular formula is C67H122O6. The lowest BCUT2D eigenvalue weighted by molar-refractivity contribution is -0.167. The molecule has 73 heavy (non-hydrogen) atoms. The molecule has 0 aliphatic carbocycles. The zero-order valence-corrected chi connectivity index (χ0v) is 48.9. The summed E-state index contributed by atoms with van der Waals surface area (Å²) in [4.78, 5) is 38.3. The Morgan fingerprint density at radius 3 is 0.781 bits per heavy atom. The molecule has 0 aliphatic heterocycles. The van der Waals surface area contributed by atoms with Crippen LogP contribution in [0.15, 0.2) is 48.6 Å². The molecule has 0 aliphatic rings. The largest absolute Gasteiger partial charge is 0.462 e. The molecule has 0 aromatic rings. The minimum absolute atomic E-state index is 0.0775. The molecule has 1 unspecified atom stereocenters. The number of esters is 3. The first kappa shape index (κ1) is 70.4. The number of unbranched alkanes of at least 4 members (excludes halogenated alkanes) is 40. The van der Waals surface area contributed by atoms with Crippen LogP contribution in [0.2, 0.25) is 0 Å². The zero-order valence-electron chi connectivity index (χ0n) is 48.9. The normalized spacial score (nSPS) is 12.3. The summed E-state index contributed by atoms with van der Waals surface area (Å²) in [5, 5.41) is 0. The number of carbonyl (C=O) groups is 3. The molecule has 6 nitrogen and oxygen atoms in total. The van der Waals surface area contributed by atoms with Crippen LogP contribution in [-0.4, -0.2) is 37.2 Å². The molecule has 6 heteroatoms. The molecule has 0 rings (SSSR count). The summed E-state index contributed by atoms with van der Waals surface area (Å²) in [7, 11) is 0. The Balaban J connectivity index is 4.31. The topological polar surface area (TPSA) is 78.9 Å². The Morgan fingerprint density at radius 2 is 0.493 bits per heavy atom. The molecule has 0 aromatic carbocycles. The molecule has 0 fully saturated rings. The van der Waals surface area contributed by atoms with E-state index in [9.17, 15) is 14.4 Å². The van der Waals surface area contributed by atoms with Crippen molar-refractivity contribution in [3.05, 3.63) is 48.6 Å². The van der Waals surface area contributed by atoms with Crippen molar-refractivity contribution in [2.75, 3.05) is 13.2 Å². The fourth-order valence-corrected chi connectivity index (χ4v) is 9.45. The highest BCUT2D eigenvalue weighted by molar-refractivity contribution is 5.71. The summed E-state index contributed by atoms with van der Waals surface area (Å²) >= 11 is 0. The molecule has 0 saturated heterocycles. The van der Waals surface area contributed by atoms with E-state index in [1.54, 1.807) is 0 Å². The monoisotopic (exact) mass is 1020 g/mol. The number of allylic oxidation sites excluding steroid dienone is 8. The van der Waals surface area contributed by atoms with Crippen LogP contribution >= 0.6 is 0 Å². The molecule has 0 heterocycles. The Morgan fingerprint density at radius 1 is 0.274 bits per heavy atom. The molecule has 0 amide bonds. The van der Waals surface area contributed by atoms with Gasteiger partial charge >= 0.3 is 17.9 Å². The van der Waals surface area contributed by atoms with E-state index in [-0.39, 0.29) is 31.1 Å². The van der Waals surface area contributed by atoms with Gasteiger partial charge in [0, 0.05) is 19.3 Å². The van der Waals surface area contributed by atoms with Crippen molar-refractivity contribution in [3.8, 4) is 0 Å². The molecule has 1 atom stereocenters.